The summed E-state index contributed by atoms with van der Waals surface area (Å²) in [5, 5.41) is 0. The Hall–Kier alpha value is -1.80. The smallest absolute Gasteiger partial charge is 0.416 e. The molecule has 0 saturated heterocycles. The summed E-state index contributed by atoms with van der Waals surface area (Å²) in [5.74, 6) is -0.471. The van der Waals surface area contributed by atoms with Crippen LogP contribution in [0.1, 0.15) is 12.5 Å². The summed E-state index contributed by atoms with van der Waals surface area (Å²) in [7, 11) is 0. The molecule has 1 aromatic carbocycles. The summed E-state index contributed by atoms with van der Waals surface area (Å²) >= 11 is 0. The number of benzene rings is 1. The lowest BCUT2D eigenvalue weighted by molar-refractivity contribution is -0.147. The minimum Gasteiger partial charge on any atom is -0.482 e. The van der Waals surface area contributed by atoms with Gasteiger partial charge in [-0.05, 0) is 31.2 Å². The summed E-state index contributed by atoms with van der Waals surface area (Å²) in [6.07, 6.45) is -4.40. The molecule has 0 aliphatic heterocycles. The van der Waals surface area contributed by atoms with Crippen LogP contribution in [0.15, 0.2) is 24.3 Å². The Kier molecular flexibility index (Phi) is 8.42. The van der Waals surface area contributed by atoms with Crippen molar-refractivity contribution < 1.29 is 36.9 Å². The van der Waals surface area contributed by atoms with Gasteiger partial charge in [0.2, 0.25) is 0 Å². The molecule has 0 bridgehead atoms. The number of alkyl halides is 3. The van der Waals surface area contributed by atoms with Gasteiger partial charge in [0.15, 0.2) is 6.61 Å². The molecule has 0 fully saturated rings. The van der Waals surface area contributed by atoms with Crippen molar-refractivity contribution in [3.05, 3.63) is 29.8 Å². The molecule has 5 nitrogen and oxygen atoms in total. The molecule has 0 saturated carbocycles. The van der Waals surface area contributed by atoms with Crippen LogP contribution in [0.5, 0.6) is 5.75 Å². The number of carbonyl (C=O) groups is 1. The molecule has 0 aliphatic carbocycles. The zero-order valence-corrected chi connectivity index (χ0v) is 12.7. The molecular weight excluding hydrogens is 317 g/mol. The van der Waals surface area contributed by atoms with Crippen LogP contribution < -0.4 is 4.74 Å². The highest BCUT2D eigenvalue weighted by molar-refractivity contribution is 5.71. The highest BCUT2D eigenvalue weighted by atomic mass is 19.4. The van der Waals surface area contributed by atoms with Crippen LogP contribution in [0.4, 0.5) is 13.2 Å². The van der Waals surface area contributed by atoms with Gasteiger partial charge in [-0.25, -0.2) is 4.79 Å². The zero-order chi connectivity index (χ0) is 17.1. The molecular formula is C15H19F3O5. The SMILES string of the molecule is CCOCCOCCOC(=O)COc1ccc(C(F)(F)F)cc1. The Balaban J connectivity index is 2.16. The second kappa shape index (κ2) is 10.1. The first kappa shape index (κ1) is 19.2. The third kappa shape index (κ3) is 8.41. The lowest BCUT2D eigenvalue weighted by Gasteiger charge is -2.09. The standard InChI is InChI=1S/C15H19F3O5/c1-2-20-7-8-21-9-10-22-14(19)11-23-13-5-3-12(4-6-13)15(16,17)18/h3-6H,2,7-11H2,1H3. The van der Waals surface area contributed by atoms with E-state index in [9.17, 15) is 18.0 Å². The molecule has 0 aliphatic rings. The van der Waals surface area contributed by atoms with Crippen molar-refractivity contribution in [2.24, 2.45) is 0 Å². The lowest BCUT2D eigenvalue weighted by Crippen LogP contribution is -2.18. The average Bonchev–Trinajstić information content (AvgIpc) is 2.51. The first-order valence-corrected chi connectivity index (χ1v) is 7.04. The van der Waals surface area contributed by atoms with E-state index in [1.54, 1.807) is 0 Å². The van der Waals surface area contributed by atoms with Crippen LogP contribution in [0.25, 0.3) is 0 Å². The number of carbonyl (C=O) groups excluding carboxylic acids is 1. The van der Waals surface area contributed by atoms with Crippen molar-refractivity contribution in [3.63, 3.8) is 0 Å². The molecule has 0 heterocycles. The molecule has 0 N–H and O–H groups in total. The lowest BCUT2D eigenvalue weighted by atomic mass is 10.2. The number of hydrogen-bond donors (Lipinski definition) is 0. The third-order valence-electron chi connectivity index (χ3n) is 2.61. The molecule has 1 rings (SSSR count). The number of ether oxygens (including phenoxy) is 4. The second-order valence-electron chi connectivity index (χ2n) is 4.34. The van der Waals surface area contributed by atoms with Gasteiger partial charge in [0.1, 0.15) is 12.4 Å². The maximum Gasteiger partial charge on any atom is 0.416 e. The van der Waals surface area contributed by atoms with E-state index in [4.69, 9.17) is 18.9 Å². The first-order valence-electron chi connectivity index (χ1n) is 7.04. The first-order chi connectivity index (χ1) is 10.9. The molecule has 0 radical (unpaired) electrons. The fourth-order valence-corrected chi connectivity index (χ4v) is 1.50. The molecule has 8 heteroatoms. The number of rotatable bonds is 10. The van der Waals surface area contributed by atoms with E-state index in [2.05, 4.69) is 0 Å². The minimum atomic E-state index is -4.40. The Bertz CT molecular complexity index is 459. The van der Waals surface area contributed by atoms with Gasteiger partial charge in [-0.15, -0.1) is 0 Å². The molecule has 23 heavy (non-hydrogen) atoms. The average molecular weight is 336 g/mol. The number of hydrogen-bond acceptors (Lipinski definition) is 5. The van der Waals surface area contributed by atoms with Crippen molar-refractivity contribution in [2.45, 2.75) is 13.1 Å². The Morgan fingerprint density at radius 1 is 1.00 bits per heavy atom. The van der Waals surface area contributed by atoms with Gasteiger partial charge in [-0.3, -0.25) is 0 Å². The van der Waals surface area contributed by atoms with Crippen LogP contribution in [0.2, 0.25) is 0 Å². The van der Waals surface area contributed by atoms with Crippen LogP contribution in [-0.4, -0.2) is 45.6 Å². The molecule has 0 unspecified atom stereocenters. The Morgan fingerprint density at radius 3 is 2.22 bits per heavy atom. The van der Waals surface area contributed by atoms with Crippen LogP contribution in [-0.2, 0) is 25.2 Å². The maximum atomic E-state index is 12.4. The van der Waals surface area contributed by atoms with E-state index in [1.165, 1.54) is 0 Å². The van der Waals surface area contributed by atoms with E-state index in [0.29, 0.717) is 19.8 Å². The van der Waals surface area contributed by atoms with Crippen LogP contribution in [0.3, 0.4) is 0 Å². The van der Waals surface area contributed by atoms with Crippen LogP contribution >= 0.6 is 0 Å². The predicted molar refractivity (Wildman–Crippen MR) is 75.2 cm³/mol. The molecule has 0 atom stereocenters. The largest absolute Gasteiger partial charge is 0.482 e. The highest BCUT2D eigenvalue weighted by Gasteiger charge is 2.30. The molecule has 0 aromatic heterocycles. The van der Waals surface area contributed by atoms with E-state index in [1.807, 2.05) is 6.92 Å². The van der Waals surface area contributed by atoms with E-state index < -0.39 is 17.7 Å². The molecule has 130 valence electrons. The van der Waals surface area contributed by atoms with Gasteiger partial charge in [-0.2, -0.15) is 13.2 Å². The fraction of sp³-hybridized carbons (Fsp3) is 0.533. The Labute approximate surface area is 132 Å². The molecule has 0 spiro atoms. The van der Waals surface area contributed by atoms with Gasteiger partial charge in [0.05, 0.1) is 25.4 Å². The second-order valence-corrected chi connectivity index (χ2v) is 4.34. The van der Waals surface area contributed by atoms with Crippen molar-refractivity contribution in [3.8, 4) is 5.75 Å². The van der Waals surface area contributed by atoms with E-state index >= 15 is 0 Å². The summed E-state index contributed by atoms with van der Waals surface area (Å²) in [5.41, 5.74) is -0.781. The molecule has 1 aromatic rings. The summed E-state index contributed by atoms with van der Waals surface area (Å²) < 4.78 is 57.2. The zero-order valence-electron chi connectivity index (χ0n) is 12.7. The molecule has 0 amide bonds. The van der Waals surface area contributed by atoms with Crippen molar-refractivity contribution in [1.82, 2.24) is 0 Å². The maximum absolute atomic E-state index is 12.4. The van der Waals surface area contributed by atoms with Crippen molar-refractivity contribution >= 4 is 5.97 Å². The monoisotopic (exact) mass is 336 g/mol. The van der Waals surface area contributed by atoms with Crippen molar-refractivity contribution in [2.75, 3.05) is 39.6 Å². The highest BCUT2D eigenvalue weighted by Crippen LogP contribution is 2.30. The van der Waals surface area contributed by atoms with Gasteiger partial charge >= 0.3 is 12.1 Å². The summed E-state index contributed by atoms with van der Waals surface area (Å²) in [6, 6.07) is 4.06. The third-order valence-corrected chi connectivity index (χ3v) is 2.61. The normalized spacial score (nSPS) is 11.3. The number of halogens is 3. The topological polar surface area (TPSA) is 54.0 Å². The summed E-state index contributed by atoms with van der Waals surface area (Å²) in [6.45, 7) is 3.29. The minimum absolute atomic E-state index is 0.0708. The van der Waals surface area contributed by atoms with E-state index in [0.717, 1.165) is 24.3 Å². The Morgan fingerprint density at radius 2 is 1.61 bits per heavy atom. The van der Waals surface area contributed by atoms with Crippen molar-refractivity contribution in [1.29, 1.82) is 0 Å². The fourth-order valence-electron chi connectivity index (χ4n) is 1.50. The van der Waals surface area contributed by atoms with E-state index in [-0.39, 0.29) is 25.6 Å². The van der Waals surface area contributed by atoms with Gasteiger partial charge in [0, 0.05) is 6.61 Å². The predicted octanol–water partition coefficient (Wildman–Crippen LogP) is 2.68. The van der Waals surface area contributed by atoms with Gasteiger partial charge in [0.25, 0.3) is 0 Å². The van der Waals surface area contributed by atoms with Gasteiger partial charge in [-0.1, -0.05) is 0 Å². The van der Waals surface area contributed by atoms with Crippen LogP contribution in [0, 0.1) is 0 Å². The van der Waals surface area contributed by atoms with Gasteiger partial charge < -0.3 is 18.9 Å². The summed E-state index contributed by atoms with van der Waals surface area (Å²) in [4.78, 5) is 11.4. The number of esters is 1. The quantitative estimate of drug-likeness (QED) is 0.486.